The molecule has 5 nitrogen and oxygen atoms in total. The third-order valence-electron chi connectivity index (χ3n) is 4.24. The van der Waals surface area contributed by atoms with Crippen molar-refractivity contribution >= 4 is 28.3 Å². The van der Waals surface area contributed by atoms with Gasteiger partial charge < -0.3 is 16.0 Å². The molecule has 0 unspecified atom stereocenters. The maximum atomic E-state index is 12.3. The van der Waals surface area contributed by atoms with Crippen LogP contribution in [0.4, 0.5) is 11.4 Å². The summed E-state index contributed by atoms with van der Waals surface area (Å²) >= 11 is 0. The van der Waals surface area contributed by atoms with Crippen molar-refractivity contribution in [2.24, 2.45) is 0 Å². The smallest absolute Gasteiger partial charge is 0.255 e. The summed E-state index contributed by atoms with van der Waals surface area (Å²) in [4.78, 5) is 20.1. The van der Waals surface area contributed by atoms with E-state index in [1.54, 1.807) is 0 Å². The van der Waals surface area contributed by atoms with Crippen molar-refractivity contribution in [1.29, 1.82) is 0 Å². The lowest BCUT2D eigenvalue weighted by atomic mass is 10.1. The van der Waals surface area contributed by atoms with Crippen molar-refractivity contribution in [2.45, 2.75) is 6.92 Å². The number of carbonyl (C=O) groups is 1. The van der Waals surface area contributed by atoms with Crippen LogP contribution in [0, 0.1) is 6.92 Å². The van der Waals surface area contributed by atoms with E-state index in [1.165, 1.54) is 0 Å². The number of carbonyl (C=O) groups excluding carboxylic acids is 1. The van der Waals surface area contributed by atoms with Crippen molar-refractivity contribution in [1.82, 2.24) is 9.97 Å². The Hall–Kier alpha value is -3.60. The molecule has 0 atom stereocenters. The van der Waals surface area contributed by atoms with Gasteiger partial charge in [0.25, 0.3) is 5.91 Å². The van der Waals surface area contributed by atoms with E-state index in [4.69, 9.17) is 5.73 Å². The number of H-pyrrole nitrogens is 1. The SMILES string of the molecule is Cc1ccc(C(=O)Nc2ccc(-c3nc4ccc(N)cc4[nH]3)cc2)cc1. The number of nitrogens with two attached hydrogens (primary N) is 1. The van der Waals surface area contributed by atoms with Crippen LogP contribution < -0.4 is 11.1 Å². The summed E-state index contributed by atoms with van der Waals surface area (Å²) in [7, 11) is 0. The fourth-order valence-corrected chi connectivity index (χ4v) is 2.78. The van der Waals surface area contributed by atoms with Gasteiger partial charge in [-0.05, 0) is 61.5 Å². The van der Waals surface area contributed by atoms with Crippen LogP contribution in [-0.4, -0.2) is 15.9 Å². The number of amides is 1. The van der Waals surface area contributed by atoms with Crippen molar-refractivity contribution in [3.8, 4) is 11.4 Å². The number of hydrogen-bond acceptors (Lipinski definition) is 3. The van der Waals surface area contributed by atoms with E-state index in [1.807, 2.05) is 73.7 Å². The Kier molecular flexibility index (Phi) is 3.89. The number of nitrogens with zero attached hydrogens (tertiary/aromatic N) is 1. The van der Waals surface area contributed by atoms with Crippen LogP contribution in [0.2, 0.25) is 0 Å². The first-order valence-electron chi connectivity index (χ1n) is 8.32. The maximum Gasteiger partial charge on any atom is 0.255 e. The highest BCUT2D eigenvalue weighted by atomic mass is 16.1. The lowest BCUT2D eigenvalue weighted by Gasteiger charge is -2.06. The molecule has 4 rings (SSSR count). The quantitative estimate of drug-likeness (QED) is 0.483. The number of aromatic amines is 1. The number of aromatic nitrogens is 2. The molecule has 1 heterocycles. The van der Waals surface area contributed by atoms with Crippen molar-refractivity contribution in [3.05, 3.63) is 77.9 Å². The minimum Gasteiger partial charge on any atom is -0.399 e. The third kappa shape index (κ3) is 3.15. The minimum absolute atomic E-state index is 0.128. The Morgan fingerprint density at radius 1 is 1.00 bits per heavy atom. The van der Waals surface area contributed by atoms with E-state index in [0.717, 1.165) is 33.7 Å². The minimum atomic E-state index is -0.128. The predicted molar refractivity (Wildman–Crippen MR) is 105 cm³/mol. The zero-order chi connectivity index (χ0) is 18.1. The summed E-state index contributed by atoms with van der Waals surface area (Å²) in [5.74, 6) is 0.638. The molecule has 0 aliphatic rings. The van der Waals surface area contributed by atoms with Crippen molar-refractivity contribution in [3.63, 3.8) is 0 Å². The molecular weight excluding hydrogens is 324 g/mol. The summed E-state index contributed by atoms with van der Waals surface area (Å²) in [6.45, 7) is 1.99. The molecular formula is C21H18N4O. The second-order valence-electron chi connectivity index (χ2n) is 6.26. The molecule has 1 aromatic heterocycles. The molecule has 3 aromatic carbocycles. The third-order valence-corrected chi connectivity index (χ3v) is 4.24. The monoisotopic (exact) mass is 342 g/mol. The topological polar surface area (TPSA) is 83.8 Å². The molecule has 5 heteroatoms. The molecule has 1 amide bonds. The zero-order valence-corrected chi connectivity index (χ0v) is 14.3. The Labute approximate surface area is 150 Å². The number of nitrogen functional groups attached to an aromatic ring is 1. The Bertz CT molecular complexity index is 1080. The molecule has 0 fully saturated rings. The standard InChI is InChI=1S/C21H18N4O/c1-13-2-4-15(5-3-13)21(26)23-17-9-6-14(7-10-17)20-24-18-11-8-16(22)12-19(18)25-20/h2-12H,22H2,1H3,(H,23,26)(H,24,25). The summed E-state index contributed by atoms with van der Waals surface area (Å²) < 4.78 is 0. The van der Waals surface area contributed by atoms with Crippen LogP contribution in [0.3, 0.4) is 0 Å². The number of imidazole rings is 1. The van der Waals surface area contributed by atoms with Gasteiger partial charge in [-0.1, -0.05) is 17.7 Å². The fraction of sp³-hybridized carbons (Fsp3) is 0.0476. The van der Waals surface area contributed by atoms with E-state index < -0.39 is 0 Å². The van der Waals surface area contributed by atoms with Gasteiger partial charge in [0.05, 0.1) is 11.0 Å². The van der Waals surface area contributed by atoms with Gasteiger partial charge in [-0.25, -0.2) is 4.98 Å². The van der Waals surface area contributed by atoms with Gasteiger partial charge in [0.1, 0.15) is 5.82 Å². The Morgan fingerprint density at radius 3 is 2.46 bits per heavy atom. The number of fused-ring (bicyclic) bond motifs is 1. The fourth-order valence-electron chi connectivity index (χ4n) is 2.78. The molecule has 0 saturated carbocycles. The number of aryl methyl sites for hydroxylation is 1. The molecule has 0 saturated heterocycles. The van der Waals surface area contributed by atoms with Gasteiger partial charge in [-0.15, -0.1) is 0 Å². The van der Waals surface area contributed by atoms with E-state index in [0.29, 0.717) is 11.3 Å². The van der Waals surface area contributed by atoms with Crippen LogP contribution in [0.5, 0.6) is 0 Å². The summed E-state index contributed by atoms with van der Waals surface area (Å²) in [6.07, 6.45) is 0. The van der Waals surface area contributed by atoms with E-state index in [9.17, 15) is 4.79 Å². The van der Waals surface area contributed by atoms with Crippen LogP contribution in [0.1, 0.15) is 15.9 Å². The first-order valence-corrected chi connectivity index (χ1v) is 8.32. The first-order chi connectivity index (χ1) is 12.6. The molecule has 0 spiro atoms. The van der Waals surface area contributed by atoms with Crippen molar-refractivity contribution < 1.29 is 4.79 Å². The van der Waals surface area contributed by atoms with E-state index in [2.05, 4.69) is 15.3 Å². The van der Waals surface area contributed by atoms with Gasteiger partial charge >= 0.3 is 0 Å². The summed E-state index contributed by atoms with van der Waals surface area (Å²) in [6, 6.07) is 20.6. The van der Waals surface area contributed by atoms with Gasteiger partial charge in [-0.3, -0.25) is 4.79 Å². The molecule has 26 heavy (non-hydrogen) atoms. The molecule has 0 radical (unpaired) electrons. The highest BCUT2D eigenvalue weighted by molar-refractivity contribution is 6.04. The highest BCUT2D eigenvalue weighted by Crippen LogP contribution is 2.23. The van der Waals surface area contributed by atoms with Crippen LogP contribution in [-0.2, 0) is 0 Å². The number of anilines is 2. The van der Waals surface area contributed by atoms with Crippen LogP contribution >= 0.6 is 0 Å². The van der Waals surface area contributed by atoms with Crippen molar-refractivity contribution in [2.75, 3.05) is 11.1 Å². The predicted octanol–water partition coefficient (Wildman–Crippen LogP) is 4.37. The van der Waals surface area contributed by atoms with Gasteiger partial charge in [0.15, 0.2) is 0 Å². The molecule has 0 bridgehead atoms. The Morgan fingerprint density at radius 2 is 1.73 bits per heavy atom. The number of rotatable bonds is 3. The van der Waals surface area contributed by atoms with E-state index >= 15 is 0 Å². The molecule has 0 aliphatic carbocycles. The molecule has 0 aliphatic heterocycles. The zero-order valence-electron chi connectivity index (χ0n) is 14.3. The largest absolute Gasteiger partial charge is 0.399 e. The number of benzene rings is 3. The normalized spacial score (nSPS) is 10.8. The Balaban J connectivity index is 1.54. The van der Waals surface area contributed by atoms with Gasteiger partial charge in [0, 0.05) is 22.5 Å². The molecule has 128 valence electrons. The molecule has 4 N–H and O–H groups in total. The second kappa shape index (κ2) is 6.37. The van der Waals surface area contributed by atoms with E-state index in [-0.39, 0.29) is 5.91 Å². The number of nitrogens with one attached hydrogen (secondary N) is 2. The first kappa shape index (κ1) is 15.9. The van der Waals surface area contributed by atoms with Crippen LogP contribution in [0.15, 0.2) is 66.7 Å². The maximum absolute atomic E-state index is 12.3. The van der Waals surface area contributed by atoms with Crippen LogP contribution in [0.25, 0.3) is 22.4 Å². The lowest BCUT2D eigenvalue weighted by Crippen LogP contribution is -2.11. The lowest BCUT2D eigenvalue weighted by molar-refractivity contribution is 0.102. The molecule has 4 aromatic rings. The average Bonchev–Trinajstić information content (AvgIpc) is 3.06. The van der Waals surface area contributed by atoms with Gasteiger partial charge in [0.2, 0.25) is 0 Å². The average molecular weight is 342 g/mol. The van der Waals surface area contributed by atoms with Gasteiger partial charge in [-0.2, -0.15) is 0 Å². The summed E-state index contributed by atoms with van der Waals surface area (Å²) in [5, 5.41) is 2.90. The summed E-state index contributed by atoms with van der Waals surface area (Å²) in [5.41, 5.74) is 11.7. The number of hydrogen-bond donors (Lipinski definition) is 3. The highest BCUT2D eigenvalue weighted by Gasteiger charge is 2.08. The second-order valence-corrected chi connectivity index (χ2v) is 6.26.